The maximum absolute atomic E-state index is 5.57. The normalized spacial score (nSPS) is 23.4. The Bertz CT molecular complexity index is 332. The van der Waals surface area contributed by atoms with E-state index in [2.05, 4.69) is 31.2 Å². The molecule has 0 heterocycles. The van der Waals surface area contributed by atoms with Crippen LogP contribution in [0.2, 0.25) is 0 Å². The second kappa shape index (κ2) is 5.49. The van der Waals surface area contributed by atoms with Crippen molar-refractivity contribution in [1.82, 2.24) is 0 Å². The zero-order valence-electron chi connectivity index (χ0n) is 10.4. The van der Waals surface area contributed by atoms with Crippen LogP contribution in [-0.4, -0.2) is 7.11 Å². The zero-order chi connectivity index (χ0) is 11.4. The zero-order valence-corrected chi connectivity index (χ0v) is 10.4. The summed E-state index contributed by atoms with van der Waals surface area (Å²) in [7, 11) is 1.83. The molecule has 0 amide bonds. The lowest BCUT2D eigenvalue weighted by molar-refractivity contribution is 0.0995. The number of hydrogen-bond acceptors (Lipinski definition) is 1. The van der Waals surface area contributed by atoms with Crippen LogP contribution in [0.4, 0.5) is 0 Å². The van der Waals surface area contributed by atoms with Gasteiger partial charge in [-0.05, 0) is 29.9 Å². The van der Waals surface area contributed by atoms with Crippen molar-refractivity contribution in [2.45, 2.75) is 51.0 Å². The third-order valence-electron chi connectivity index (χ3n) is 3.72. The summed E-state index contributed by atoms with van der Waals surface area (Å²) < 4.78 is 5.57. The Morgan fingerprint density at radius 2 is 1.94 bits per heavy atom. The van der Waals surface area contributed by atoms with Crippen molar-refractivity contribution in [2.24, 2.45) is 0 Å². The van der Waals surface area contributed by atoms with Crippen molar-refractivity contribution in [3.05, 3.63) is 35.4 Å². The highest BCUT2D eigenvalue weighted by Gasteiger charge is 2.29. The van der Waals surface area contributed by atoms with Crippen LogP contribution in [0.3, 0.4) is 0 Å². The highest BCUT2D eigenvalue weighted by Crippen LogP contribution is 2.44. The molecule has 1 aliphatic carbocycles. The summed E-state index contributed by atoms with van der Waals surface area (Å²) in [6.45, 7) is 2.26. The molecule has 2 rings (SSSR count). The number of fused-ring (bicyclic) bond motifs is 1. The molecule has 0 saturated heterocycles. The van der Waals surface area contributed by atoms with Crippen molar-refractivity contribution in [2.75, 3.05) is 7.11 Å². The minimum atomic E-state index is 0.336. The second-order valence-corrected chi connectivity index (χ2v) is 4.78. The molecule has 88 valence electrons. The summed E-state index contributed by atoms with van der Waals surface area (Å²) in [5, 5.41) is 0. The molecule has 16 heavy (non-hydrogen) atoms. The van der Waals surface area contributed by atoms with Crippen LogP contribution in [0.5, 0.6) is 0 Å². The Labute approximate surface area is 98.8 Å². The van der Waals surface area contributed by atoms with Gasteiger partial charge in [-0.15, -0.1) is 0 Å². The topological polar surface area (TPSA) is 9.23 Å². The van der Waals surface area contributed by atoms with Crippen molar-refractivity contribution in [3.63, 3.8) is 0 Å². The van der Waals surface area contributed by atoms with Gasteiger partial charge in [-0.25, -0.2) is 0 Å². The summed E-state index contributed by atoms with van der Waals surface area (Å²) in [6, 6.07) is 8.79. The Morgan fingerprint density at radius 3 is 2.62 bits per heavy atom. The van der Waals surface area contributed by atoms with E-state index in [-0.39, 0.29) is 0 Å². The van der Waals surface area contributed by atoms with Crippen LogP contribution in [0.15, 0.2) is 24.3 Å². The molecule has 1 nitrogen and oxygen atoms in total. The molecule has 1 aromatic rings. The van der Waals surface area contributed by atoms with E-state index in [9.17, 15) is 0 Å². The Morgan fingerprint density at radius 1 is 1.19 bits per heavy atom. The van der Waals surface area contributed by atoms with Crippen LogP contribution in [0, 0.1) is 0 Å². The standard InChI is InChI=1S/C15H22O/c1-3-4-5-8-12-11-15(16-2)14-10-7-6-9-13(12)14/h6-7,9-10,12,15H,3-5,8,11H2,1-2H3/t12-,15-/m0/s1. The molecule has 0 radical (unpaired) electrons. The SMILES string of the molecule is CCCCC[C@H]1C[C@H](OC)c2ccccc21. The Hall–Kier alpha value is -0.820. The monoisotopic (exact) mass is 218 g/mol. The van der Waals surface area contributed by atoms with E-state index >= 15 is 0 Å². The summed E-state index contributed by atoms with van der Waals surface area (Å²) in [5.41, 5.74) is 2.96. The summed E-state index contributed by atoms with van der Waals surface area (Å²) in [5.74, 6) is 0.729. The van der Waals surface area contributed by atoms with Crippen molar-refractivity contribution >= 4 is 0 Å². The lowest BCUT2D eigenvalue weighted by Gasteiger charge is -2.10. The summed E-state index contributed by atoms with van der Waals surface area (Å²) >= 11 is 0. The third kappa shape index (κ3) is 2.30. The van der Waals surface area contributed by atoms with Gasteiger partial charge in [0.15, 0.2) is 0 Å². The minimum absolute atomic E-state index is 0.336. The van der Waals surface area contributed by atoms with Crippen LogP contribution in [0.25, 0.3) is 0 Å². The lowest BCUT2D eigenvalue weighted by atomic mass is 9.95. The first-order valence-corrected chi connectivity index (χ1v) is 6.48. The molecule has 0 fully saturated rings. The Kier molecular flexibility index (Phi) is 4.00. The van der Waals surface area contributed by atoms with Crippen LogP contribution in [0.1, 0.15) is 62.2 Å². The van der Waals surface area contributed by atoms with Crippen LogP contribution < -0.4 is 0 Å². The molecular formula is C15H22O. The van der Waals surface area contributed by atoms with E-state index < -0.39 is 0 Å². The number of rotatable bonds is 5. The summed E-state index contributed by atoms with van der Waals surface area (Å²) in [6.07, 6.45) is 6.86. The van der Waals surface area contributed by atoms with E-state index in [0.29, 0.717) is 6.10 Å². The molecule has 0 spiro atoms. The van der Waals surface area contributed by atoms with Gasteiger partial charge in [0.05, 0.1) is 6.10 Å². The van der Waals surface area contributed by atoms with Crippen LogP contribution in [-0.2, 0) is 4.74 Å². The van der Waals surface area contributed by atoms with Gasteiger partial charge in [0.1, 0.15) is 0 Å². The van der Waals surface area contributed by atoms with E-state index in [1.165, 1.54) is 43.2 Å². The molecule has 0 aliphatic heterocycles. The fourth-order valence-corrected chi connectivity index (χ4v) is 2.83. The van der Waals surface area contributed by atoms with Crippen LogP contribution >= 0.6 is 0 Å². The molecule has 0 N–H and O–H groups in total. The van der Waals surface area contributed by atoms with Crippen molar-refractivity contribution in [3.8, 4) is 0 Å². The number of benzene rings is 1. The largest absolute Gasteiger partial charge is 0.377 e. The first kappa shape index (κ1) is 11.7. The first-order chi connectivity index (χ1) is 7.86. The van der Waals surface area contributed by atoms with Gasteiger partial charge in [0.25, 0.3) is 0 Å². The predicted octanol–water partition coefficient (Wildman–Crippen LogP) is 4.44. The number of hydrogen-bond donors (Lipinski definition) is 0. The predicted molar refractivity (Wildman–Crippen MR) is 67.7 cm³/mol. The van der Waals surface area contributed by atoms with Crippen molar-refractivity contribution in [1.29, 1.82) is 0 Å². The smallest absolute Gasteiger partial charge is 0.0829 e. The molecule has 1 heteroatoms. The van der Waals surface area contributed by atoms with Gasteiger partial charge >= 0.3 is 0 Å². The first-order valence-electron chi connectivity index (χ1n) is 6.48. The minimum Gasteiger partial charge on any atom is -0.377 e. The van der Waals surface area contributed by atoms with Gasteiger partial charge in [-0.3, -0.25) is 0 Å². The maximum Gasteiger partial charge on any atom is 0.0829 e. The molecular weight excluding hydrogens is 196 g/mol. The molecule has 0 bridgehead atoms. The number of ether oxygens (including phenoxy) is 1. The second-order valence-electron chi connectivity index (χ2n) is 4.78. The quantitative estimate of drug-likeness (QED) is 0.664. The fraction of sp³-hybridized carbons (Fsp3) is 0.600. The molecule has 1 aliphatic rings. The Balaban J connectivity index is 2.07. The average Bonchev–Trinajstić information content (AvgIpc) is 2.68. The molecule has 2 atom stereocenters. The van der Waals surface area contributed by atoms with Gasteiger partial charge in [0, 0.05) is 7.11 Å². The van der Waals surface area contributed by atoms with E-state index in [4.69, 9.17) is 4.74 Å². The number of methoxy groups -OCH3 is 1. The highest BCUT2D eigenvalue weighted by molar-refractivity contribution is 5.37. The van der Waals surface area contributed by atoms with Gasteiger partial charge in [-0.1, -0.05) is 50.5 Å². The highest BCUT2D eigenvalue weighted by atomic mass is 16.5. The fourth-order valence-electron chi connectivity index (χ4n) is 2.83. The lowest BCUT2D eigenvalue weighted by Crippen LogP contribution is -1.96. The number of unbranched alkanes of at least 4 members (excludes halogenated alkanes) is 2. The van der Waals surface area contributed by atoms with Gasteiger partial charge in [-0.2, -0.15) is 0 Å². The summed E-state index contributed by atoms with van der Waals surface area (Å²) in [4.78, 5) is 0. The molecule has 0 saturated carbocycles. The van der Waals surface area contributed by atoms with Gasteiger partial charge < -0.3 is 4.74 Å². The molecule has 0 unspecified atom stereocenters. The maximum atomic E-state index is 5.57. The third-order valence-corrected chi connectivity index (χ3v) is 3.72. The van der Waals surface area contributed by atoms with E-state index in [0.717, 1.165) is 5.92 Å². The van der Waals surface area contributed by atoms with Crippen molar-refractivity contribution < 1.29 is 4.74 Å². The van der Waals surface area contributed by atoms with E-state index in [1.807, 2.05) is 7.11 Å². The molecule has 0 aromatic heterocycles. The molecule has 1 aromatic carbocycles. The van der Waals surface area contributed by atoms with Gasteiger partial charge in [0.2, 0.25) is 0 Å². The average molecular weight is 218 g/mol. The van der Waals surface area contributed by atoms with E-state index in [1.54, 1.807) is 0 Å².